The summed E-state index contributed by atoms with van der Waals surface area (Å²) in [6, 6.07) is 10.1. The molecule has 0 saturated carbocycles. The fourth-order valence-corrected chi connectivity index (χ4v) is 2.51. The molecule has 20 heavy (non-hydrogen) atoms. The first-order valence-electron chi connectivity index (χ1n) is 6.69. The average Bonchev–Trinajstić information content (AvgIpc) is 3.05. The third-order valence-electron chi connectivity index (χ3n) is 3.54. The van der Waals surface area contributed by atoms with Gasteiger partial charge in [-0.3, -0.25) is 5.10 Å². The van der Waals surface area contributed by atoms with Gasteiger partial charge in [0.15, 0.2) is 5.82 Å². The molecule has 1 aromatic carbocycles. The van der Waals surface area contributed by atoms with Crippen molar-refractivity contribution in [1.29, 1.82) is 0 Å². The summed E-state index contributed by atoms with van der Waals surface area (Å²) in [5.41, 5.74) is 11.2. The fourth-order valence-electron chi connectivity index (χ4n) is 2.51. The average molecular weight is 267 g/mol. The van der Waals surface area contributed by atoms with Crippen LogP contribution in [0, 0.1) is 6.92 Å². The molecule has 0 aliphatic heterocycles. The van der Waals surface area contributed by atoms with Crippen molar-refractivity contribution in [1.82, 2.24) is 10.2 Å². The van der Waals surface area contributed by atoms with Crippen molar-refractivity contribution in [3.8, 4) is 22.4 Å². The first-order valence-corrected chi connectivity index (χ1v) is 6.69. The quantitative estimate of drug-likeness (QED) is 0.758. The Hall–Kier alpha value is -2.49. The molecule has 3 aromatic rings. The molecule has 0 unspecified atom stereocenters. The molecule has 0 atom stereocenters. The highest BCUT2D eigenvalue weighted by Gasteiger charge is 2.19. The number of anilines is 1. The number of furan rings is 1. The topological polar surface area (TPSA) is 67.8 Å². The standard InChI is InChI=1S/C16H17N3O/c1-3-13-12(8-9-20-13)15-14(16(17)19-18-15)11-7-5-4-6-10(11)2/h4-9H,3H2,1-2H3,(H3,17,18,19). The van der Waals surface area contributed by atoms with E-state index in [-0.39, 0.29) is 0 Å². The zero-order chi connectivity index (χ0) is 14.1. The van der Waals surface area contributed by atoms with Crippen molar-refractivity contribution in [2.45, 2.75) is 20.3 Å². The van der Waals surface area contributed by atoms with Gasteiger partial charge in [0.25, 0.3) is 0 Å². The Labute approximate surface area is 117 Å². The minimum absolute atomic E-state index is 0.512. The Balaban J connectivity index is 2.23. The lowest BCUT2D eigenvalue weighted by Gasteiger charge is -2.07. The number of aromatic nitrogens is 2. The second-order valence-electron chi connectivity index (χ2n) is 4.78. The van der Waals surface area contributed by atoms with Crippen molar-refractivity contribution in [3.63, 3.8) is 0 Å². The maximum atomic E-state index is 6.07. The van der Waals surface area contributed by atoms with E-state index in [4.69, 9.17) is 10.2 Å². The number of aryl methyl sites for hydroxylation is 2. The molecule has 2 heterocycles. The monoisotopic (exact) mass is 267 g/mol. The van der Waals surface area contributed by atoms with Gasteiger partial charge in [-0.1, -0.05) is 31.2 Å². The van der Waals surface area contributed by atoms with Crippen LogP contribution in [-0.2, 0) is 6.42 Å². The second kappa shape index (κ2) is 4.89. The molecule has 4 nitrogen and oxygen atoms in total. The van der Waals surface area contributed by atoms with E-state index in [1.165, 1.54) is 5.56 Å². The van der Waals surface area contributed by atoms with Crippen LogP contribution in [0.25, 0.3) is 22.4 Å². The van der Waals surface area contributed by atoms with Crippen molar-refractivity contribution in [2.75, 3.05) is 5.73 Å². The first kappa shape index (κ1) is 12.5. The van der Waals surface area contributed by atoms with Crippen LogP contribution in [0.2, 0.25) is 0 Å². The molecule has 0 spiro atoms. The number of rotatable bonds is 3. The molecule has 3 N–H and O–H groups in total. The van der Waals surface area contributed by atoms with Crippen molar-refractivity contribution in [2.24, 2.45) is 0 Å². The van der Waals surface area contributed by atoms with Gasteiger partial charge in [0.1, 0.15) is 5.76 Å². The van der Waals surface area contributed by atoms with E-state index in [9.17, 15) is 0 Å². The van der Waals surface area contributed by atoms with Crippen LogP contribution in [0.1, 0.15) is 18.2 Å². The lowest BCUT2D eigenvalue weighted by Crippen LogP contribution is -1.91. The number of hydrogen-bond acceptors (Lipinski definition) is 3. The minimum atomic E-state index is 0.512. The minimum Gasteiger partial charge on any atom is -0.469 e. The predicted molar refractivity (Wildman–Crippen MR) is 80.3 cm³/mol. The number of nitrogens with zero attached hydrogens (tertiary/aromatic N) is 1. The Kier molecular flexibility index (Phi) is 3.06. The van der Waals surface area contributed by atoms with E-state index in [1.807, 2.05) is 18.2 Å². The highest BCUT2D eigenvalue weighted by atomic mass is 16.3. The summed E-state index contributed by atoms with van der Waals surface area (Å²) in [7, 11) is 0. The normalized spacial score (nSPS) is 10.9. The summed E-state index contributed by atoms with van der Waals surface area (Å²) in [4.78, 5) is 0. The number of nitrogen functional groups attached to an aromatic ring is 1. The number of nitrogens with one attached hydrogen (secondary N) is 1. The Morgan fingerprint density at radius 2 is 2.00 bits per heavy atom. The van der Waals surface area contributed by atoms with Gasteiger partial charge in [0, 0.05) is 12.0 Å². The van der Waals surface area contributed by atoms with Crippen LogP contribution in [0.4, 0.5) is 5.82 Å². The van der Waals surface area contributed by atoms with Crippen LogP contribution >= 0.6 is 0 Å². The molecule has 4 heteroatoms. The van der Waals surface area contributed by atoms with E-state index >= 15 is 0 Å². The van der Waals surface area contributed by atoms with E-state index in [0.717, 1.165) is 34.6 Å². The molecule has 0 amide bonds. The molecule has 2 aromatic heterocycles. The molecule has 0 aliphatic carbocycles. The number of nitrogens with two attached hydrogens (primary N) is 1. The molecule has 0 radical (unpaired) electrons. The Morgan fingerprint density at radius 1 is 1.20 bits per heavy atom. The lowest BCUT2D eigenvalue weighted by atomic mass is 9.97. The van der Waals surface area contributed by atoms with Crippen LogP contribution in [0.3, 0.4) is 0 Å². The highest BCUT2D eigenvalue weighted by Crippen LogP contribution is 2.37. The van der Waals surface area contributed by atoms with Crippen molar-refractivity contribution in [3.05, 3.63) is 47.9 Å². The van der Waals surface area contributed by atoms with Crippen LogP contribution in [-0.4, -0.2) is 10.2 Å². The largest absolute Gasteiger partial charge is 0.469 e. The van der Waals surface area contributed by atoms with E-state index < -0.39 is 0 Å². The summed E-state index contributed by atoms with van der Waals surface area (Å²) < 4.78 is 5.51. The summed E-state index contributed by atoms with van der Waals surface area (Å²) in [5, 5.41) is 7.22. The molecule has 0 aliphatic rings. The molecular formula is C16H17N3O. The van der Waals surface area contributed by atoms with E-state index in [1.54, 1.807) is 6.26 Å². The molecule has 0 bridgehead atoms. The van der Waals surface area contributed by atoms with Gasteiger partial charge in [-0.05, 0) is 24.1 Å². The molecule has 0 saturated heterocycles. The van der Waals surface area contributed by atoms with Gasteiger partial charge in [0.2, 0.25) is 0 Å². The first-order chi connectivity index (χ1) is 9.72. The van der Waals surface area contributed by atoms with Crippen LogP contribution in [0.5, 0.6) is 0 Å². The zero-order valence-electron chi connectivity index (χ0n) is 11.6. The second-order valence-corrected chi connectivity index (χ2v) is 4.78. The highest BCUT2D eigenvalue weighted by molar-refractivity contribution is 5.89. The van der Waals surface area contributed by atoms with Gasteiger partial charge in [-0.2, -0.15) is 5.10 Å². The lowest BCUT2D eigenvalue weighted by molar-refractivity contribution is 0.517. The van der Waals surface area contributed by atoms with E-state index in [2.05, 4.69) is 36.2 Å². The predicted octanol–water partition coefficient (Wildman–Crippen LogP) is 3.79. The maximum absolute atomic E-state index is 6.07. The Morgan fingerprint density at radius 3 is 2.75 bits per heavy atom. The van der Waals surface area contributed by atoms with Gasteiger partial charge >= 0.3 is 0 Å². The van der Waals surface area contributed by atoms with Gasteiger partial charge < -0.3 is 10.2 Å². The Bertz CT molecular complexity index is 740. The van der Waals surface area contributed by atoms with Gasteiger partial charge in [-0.25, -0.2) is 0 Å². The van der Waals surface area contributed by atoms with E-state index in [0.29, 0.717) is 5.82 Å². The summed E-state index contributed by atoms with van der Waals surface area (Å²) in [6.07, 6.45) is 2.53. The third-order valence-corrected chi connectivity index (χ3v) is 3.54. The maximum Gasteiger partial charge on any atom is 0.153 e. The summed E-state index contributed by atoms with van der Waals surface area (Å²) >= 11 is 0. The fraction of sp³-hybridized carbons (Fsp3) is 0.188. The number of H-pyrrole nitrogens is 1. The smallest absolute Gasteiger partial charge is 0.153 e. The van der Waals surface area contributed by atoms with Gasteiger partial charge in [-0.15, -0.1) is 0 Å². The SMILES string of the molecule is CCc1occc1-c1[nH]nc(N)c1-c1ccccc1C. The molecule has 102 valence electrons. The van der Waals surface area contributed by atoms with Gasteiger partial charge in [0.05, 0.1) is 17.5 Å². The number of benzene rings is 1. The van der Waals surface area contributed by atoms with Crippen LogP contribution < -0.4 is 5.73 Å². The summed E-state index contributed by atoms with van der Waals surface area (Å²) in [6.45, 7) is 4.14. The molecular weight excluding hydrogens is 250 g/mol. The molecule has 3 rings (SSSR count). The third kappa shape index (κ3) is 1.90. The zero-order valence-corrected chi connectivity index (χ0v) is 11.6. The van der Waals surface area contributed by atoms with Crippen LogP contribution in [0.15, 0.2) is 41.0 Å². The molecule has 0 fully saturated rings. The number of hydrogen-bond donors (Lipinski definition) is 2. The number of aromatic amines is 1. The van der Waals surface area contributed by atoms with Crippen molar-refractivity contribution >= 4 is 5.82 Å². The van der Waals surface area contributed by atoms with Crippen molar-refractivity contribution < 1.29 is 4.42 Å². The summed E-state index contributed by atoms with van der Waals surface area (Å²) in [5.74, 6) is 1.45.